The van der Waals surface area contributed by atoms with Gasteiger partial charge in [-0.15, -0.1) is 11.8 Å². The molecule has 0 spiro atoms. The van der Waals surface area contributed by atoms with Crippen LogP contribution in [0, 0.1) is 6.92 Å². The Bertz CT molecular complexity index is 1010. The van der Waals surface area contributed by atoms with E-state index < -0.39 is 0 Å². The number of amides is 1. The second-order valence-electron chi connectivity index (χ2n) is 6.41. The summed E-state index contributed by atoms with van der Waals surface area (Å²) < 4.78 is 4.36. The Balaban J connectivity index is 1.66. The molecule has 0 N–H and O–H groups in total. The first-order chi connectivity index (χ1) is 13.6. The van der Waals surface area contributed by atoms with Crippen LogP contribution in [0.2, 0.25) is 0 Å². The van der Waals surface area contributed by atoms with Crippen molar-refractivity contribution in [3.63, 3.8) is 0 Å². The van der Waals surface area contributed by atoms with Crippen LogP contribution in [0.5, 0.6) is 0 Å². The Morgan fingerprint density at radius 2 is 1.96 bits per heavy atom. The van der Waals surface area contributed by atoms with Crippen LogP contribution in [0.4, 0.5) is 0 Å². The quantitative estimate of drug-likeness (QED) is 0.278. The number of hydrogen-bond donors (Lipinski definition) is 0. The molecule has 0 saturated heterocycles. The number of aromatic nitrogens is 1. The van der Waals surface area contributed by atoms with Gasteiger partial charge in [0.1, 0.15) is 0 Å². The topological polar surface area (TPSA) is 34.4 Å². The van der Waals surface area contributed by atoms with Gasteiger partial charge >= 0.3 is 0 Å². The minimum Gasteiger partial charge on any atom is -0.316 e. The first-order valence-electron chi connectivity index (χ1n) is 9.11. The zero-order chi connectivity index (χ0) is 19.9. The van der Waals surface area contributed by atoms with Crippen molar-refractivity contribution < 1.29 is 4.79 Å². The normalized spacial score (nSPS) is 12.0. The van der Waals surface area contributed by atoms with Crippen molar-refractivity contribution in [1.82, 2.24) is 4.57 Å². The molecule has 0 aliphatic carbocycles. The van der Waals surface area contributed by atoms with E-state index in [2.05, 4.69) is 75.1 Å². The standard InChI is InChI=1S/C21H23BrN2OS3/c1-15-5-8-17(9-6-15)27-12-3-4-20(25)23-21-24(11-13-26-2)18-10-7-16(22)14-19(18)28-21/h5-10,14H,3-4,11-13H2,1-2H3. The van der Waals surface area contributed by atoms with Gasteiger partial charge in [0, 0.05) is 28.1 Å². The number of thiazole rings is 1. The van der Waals surface area contributed by atoms with Crippen LogP contribution in [-0.4, -0.2) is 28.2 Å². The molecule has 3 rings (SSSR count). The van der Waals surface area contributed by atoms with E-state index in [1.54, 1.807) is 34.9 Å². The Morgan fingerprint density at radius 1 is 1.18 bits per heavy atom. The maximum atomic E-state index is 12.4. The Morgan fingerprint density at radius 3 is 2.71 bits per heavy atom. The number of halogens is 1. The fraction of sp³-hybridized carbons (Fsp3) is 0.333. The molecule has 1 heterocycles. The van der Waals surface area contributed by atoms with Crippen molar-refractivity contribution in [2.24, 2.45) is 4.99 Å². The molecule has 28 heavy (non-hydrogen) atoms. The number of benzene rings is 2. The fourth-order valence-electron chi connectivity index (χ4n) is 2.74. The van der Waals surface area contributed by atoms with Gasteiger partial charge in [0.25, 0.3) is 0 Å². The van der Waals surface area contributed by atoms with Gasteiger partial charge in [0.2, 0.25) is 5.91 Å². The fourth-order valence-corrected chi connectivity index (χ4v) is 5.58. The monoisotopic (exact) mass is 494 g/mol. The second-order valence-corrected chi connectivity index (χ2v) is 10.5. The van der Waals surface area contributed by atoms with Crippen molar-refractivity contribution in [2.45, 2.75) is 31.2 Å². The lowest BCUT2D eigenvalue weighted by Gasteiger charge is -2.04. The van der Waals surface area contributed by atoms with E-state index in [-0.39, 0.29) is 5.91 Å². The Hall–Kier alpha value is -1.02. The molecule has 0 unspecified atom stereocenters. The van der Waals surface area contributed by atoms with Crippen molar-refractivity contribution >= 4 is 66.9 Å². The van der Waals surface area contributed by atoms with Gasteiger partial charge in [-0.25, -0.2) is 0 Å². The number of nitrogens with zero attached hydrogens (tertiary/aromatic N) is 2. The molecular formula is C21H23BrN2OS3. The molecular weight excluding hydrogens is 472 g/mol. The molecule has 3 aromatic rings. The third kappa shape index (κ3) is 5.99. The van der Waals surface area contributed by atoms with Crippen LogP contribution >= 0.6 is 50.8 Å². The first-order valence-corrected chi connectivity index (χ1v) is 13.1. The summed E-state index contributed by atoms with van der Waals surface area (Å²) in [7, 11) is 0. The number of aryl methyl sites for hydroxylation is 2. The van der Waals surface area contributed by atoms with Crippen LogP contribution in [0.25, 0.3) is 10.2 Å². The summed E-state index contributed by atoms with van der Waals surface area (Å²) in [6.07, 6.45) is 3.42. The van der Waals surface area contributed by atoms with Gasteiger partial charge in [0.05, 0.1) is 10.2 Å². The molecule has 148 valence electrons. The summed E-state index contributed by atoms with van der Waals surface area (Å²) in [6.45, 7) is 2.95. The maximum absolute atomic E-state index is 12.4. The predicted octanol–water partition coefficient (Wildman–Crippen LogP) is 6.14. The molecule has 0 saturated carbocycles. The lowest BCUT2D eigenvalue weighted by Crippen LogP contribution is -2.18. The Labute approximate surface area is 186 Å². The van der Waals surface area contributed by atoms with Crippen molar-refractivity contribution in [2.75, 3.05) is 17.8 Å². The van der Waals surface area contributed by atoms with E-state index in [1.165, 1.54) is 10.5 Å². The van der Waals surface area contributed by atoms with E-state index >= 15 is 0 Å². The van der Waals surface area contributed by atoms with Crippen molar-refractivity contribution in [1.29, 1.82) is 0 Å². The second kappa shape index (κ2) is 10.7. The zero-order valence-corrected chi connectivity index (χ0v) is 20.0. The van der Waals surface area contributed by atoms with E-state index in [4.69, 9.17) is 0 Å². The van der Waals surface area contributed by atoms with Gasteiger partial charge < -0.3 is 4.57 Å². The highest BCUT2D eigenvalue weighted by Crippen LogP contribution is 2.23. The molecule has 1 amide bonds. The van der Waals surface area contributed by atoms with E-state index in [1.807, 2.05) is 6.07 Å². The third-order valence-corrected chi connectivity index (χ3v) is 7.43. The molecule has 0 fully saturated rings. The highest BCUT2D eigenvalue weighted by atomic mass is 79.9. The summed E-state index contributed by atoms with van der Waals surface area (Å²) in [6, 6.07) is 14.7. The van der Waals surface area contributed by atoms with Gasteiger partial charge in [-0.2, -0.15) is 16.8 Å². The van der Waals surface area contributed by atoms with Crippen LogP contribution < -0.4 is 4.80 Å². The molecule has 0 bridgehead atoms. The first kappa shape index (κ1) is 21.7. The summed E-state index contributed by atoms with van der Waals surface area (Å²) in [5, 5.41) is 0. The molecule has 0 atom stereocenters. The lowest BCUT2D eigenvalue weighted by atomic mass is 10.2. The highest BCUT2D eigenvalue weighted by Gasteiger charge is 2.08. The number of carbonyl (C=O) groups is 1. The summed E-state index contributed by atoms with van der Waals surface area (Å²) >= 11 is 8.71. The van der Waals surface area contributed by atoms with Crippen LogP contribution in [0.3, 0.4) is 0 Å². The van der Waals surface area contributed by atoms with Gasteiger partial charge in [-0.1, -0.05) is 45.0 Å². The maximum Gasteiger partial charge on any atom is 0.248 e. The predicted molar refractivity (Wildman–Crippen MR) is 128 cm³/mol. The highest BCUT2D eigenvalue weighted by molar-refractivity contribution is 9.10. The minimum atomic E-state index is -0.0342. The third-order valence-electron chi connectivity index (χ3n) is 4.21. The zero-order valence-electron chi connectivity index (χ0n) is 16.0. The van der Waals surface area contributed by atoms with E-state index in [0.29, 0.717) is 6.42 Å². The molecule has 0 aliphatic heterocycles. The number of carbonyl (C=O) groups excluding carboxylic acids is 1. The number of hydrogen-bond acceptors (Lipinski definition) is 4. The van der Waals surface area contributed by atoms with Crippen LogP contribution in [0.15, 0.2) is 56.8 Å². The lowest BCUT2D eigenvalue weighted by molar-refractivity contribution is -0.118. The minimum absolute atomic E-state index is 0.0342. The van der Waals surface area contributed by atoms with Gasteiger partial charge in [0.15, 0.2) is 4.80 Å². The smallest absolute Gasteiger partial charge is 0.248 e. The number of fused-ring (bicyclic) bond motifs is 1. The summed E-state index contributed by atoms with van der Waals surface area (Å²) in [4.78, 5) is 18.9. The molecule has 7 heteroatoms. The van der Waals surface area contributed by atoms with Crippen molar-refractivity contribution in [3.05, 3.63) is 57.3 Å². The molecule has 0 aliphatic rings. The van der Waals surface area contributed by atoms with Gasteiger partial charge in [-0.3, -0.25) is 4.79 Å². The molecule has 2 aromatic carbocycles. The summed E-state index contributed by atoms with van der Waals surface area (Å²) in [5.41, 5.74) is 2.41. The number of thioether (sulfide) groups is 2. The summed E-state index contributed by atoms with van der Waals surface area (Å²) in [5.74, 6) is 1.89. The Kier molecular flexibility index (Phi) is 8.26. The average Bonchev–Trinajstić information content (AvgIpc) is 3.00. The average molecular weight is 496 g/mol. The van der Waals surface area contributed by atoms with Crippen LogP contribution in [0.1, 0.15) is 18.4 Å². The SMILES string of the molecule is CSCCn1c(=NC(=O)CCCSc2ccc(C)cc2)sc2cc(Br)ccc21. The molecule has 1 aromatic heterocycles. The van der Waals surface area contributed by atoms with Crippen molar-refractivity contribution in [3.8, 4) is 0 Å². The van der Waals surface area contributed by atoms with Gasteiger partial charge in [-0.05, 0) is 55.7 Å². The van der Waals surface area contributed by atoms with E-state index in [9.17, 15) is 4.79 Å². The largest absolute Gasteiger partial charge is 0.316 e. The molecule has 3 nitrogen and oxygen atoms in total. The number of rotatable bonds is 8. The van der Waals surface area contributed by atoms with Crippen LogP contribution in [-0.2, 0) is 11.3 Å². The molecule has 0 radical (unpaired) electrons. The van der Waals surface area contributed by atoms with E-state index in [0.717, 1.165) is 44.0 Å².